The molecule has 0 fully saturated rings. The molecule has 0 saturated carbocycles. The standard InChI is InChI=1S/C14H23N2O6P/c1-4-21-23(20,22-5-2)7-6-12(10-17)9-16-8-11(3)13(18)15-14(16)19/h6-8,12,17H,4-5,9-10H2,1-3H3,(H,15,18,19)/b7-6+/t12-/m1/s1. The average molecular weight is 346 g/mol. The summed E-state index contributed by atoms with van der Waals surface area (Å²) in [5, 5.41) is 9.45. The molecule has 0 amide bonds. The number of rotatable bonds is 9. The van der Waals surface area contributed by atoms with Gasteiger partial charge in [-0.3, -0.25) is 18.9 Å². The second-order valence-corrected chi connectivity index (χ2v) is 6.78. The van der Waals surface area contributed by atoms with Gasteiger partial charge in [-0.2, -0.15) is 0 Å². The van der Waals surface area contributed by atoms with Crippen LogP contribution in [0.15, 0.2) is 27.7 Å². The van der Waals surface area contributed by atoms with Crippen LogP contribution in [0.4, 0.5) is 0 Å². The summed E-state index contributed by atoms with van der Waals surface area (Å²) in [5.41, 5.74) is -0.621. The van der Waals surface area contributed by atoms with Crippen molar-refractivity contribution in [1.29, 1.82) is 0 Å². The molecule has 1 rings (SSSR count). The van der Waals surface area contributed by atoms with Crippen molar-refractivity contribution < 1.29 is 18.7 Å². The molecule has 0 aromatic carbocycles. The number of nitrogens with zero attached hydrogens (tertiary/aromatic N) is 1. The van der Waals surface area contributed by atoms with Gasteiger partial charge in [0.05, 0.1) is 19.8 Å². The molecule has 1 aromatic rings. The predicted molar refractivity (Wildman–Crippen MR) is 86.6 cm³/mol. The van der Waals surface area contributed by atoms with Gasteiger partial charge in [-0.25, -0.2) is 4.79 Å². The van der Waals surface area contributed by atoms with Gasteiger partial charge in [0.2, 0.25) is 0 Å². The Morgan fingerprint density at radius 2 is 1.96 bits per heavy atom. The molecule has 1 atom stereocenters. The highest BCUT2D eigenvalue weighted by atomic mass is 31.2. The van der Waals surface area contributed by atoms with E-state index in [0.717, 1.165) is 0 Å². The molecule has 0 aliphatic carbocycles. The Hall–Kier alpha value is -1.47. The maximum atomic E-state index is 12.3. The first-order chi connectivity index (χ1) is 10.8. The molecule has 8 nitrogen and oxygen atoms in total. The normalized spacial score (nSPS) is 13.6. The van der Waals surface area contributed by atoms with Crippen LogP contribution in [0, 0.1) is 12.8 Å². The lowest BCUT2D eigenvalue weighted by Gasteiger charge is -2.15. The van der Waals surface area contributed by atoms with Crippen LogP contribution >= 0.6 is 7.60 Å². The molecule has 1 heterocycles. The van der Waals surface area contributed by atoms with Gasteiger partial charge in [0.15, 0.2) is 0 Å². The molecule has 2 N–H and O–H groups in total. The summed E-state index contributed by atoms with van der Waals surface area (Å²) in [6, 6.07) is 0. The van der Waals surface area contributed by atoms with E-state index in [-0.39, 0.29) is 26.4 Å². The lowest BCUT2D eigenvalue weighted by Crippen LogP contribution is -2.32. The van der Waals surface area contributed by atoms with E-state index >= 15 is 0 Å². The van der Waals surface area contributed by atoms with E-state index in [9.17, 15) is 19.3 Å². The van der Waals surface area contributed by atoms with Gasteiger partial charge < -0.3 is 14.2 Å². The van der Waals surface area contributed by atoms with Crippen LogP contribution in [0.1, 0.15) is 19.4 Å². The van der Waals surface area contributed by atoms with Crippen molar-refractivity contribution in [3.05, 3.63) is 44.5 Å². The minimum atomic E-state index is -3.36. The zero-order chi connectivity index (χ0) is 17.5. The van der Waals surface area contributed by atoms with Gasteiger partial charge >= 0.3 is 13.3 Å². The van der Waals surface area contributed by atoms with Crippen LogP contribution in [0.5, 0.6) is 0 Å². The van der Waals surface area contributed by atoms with Gasteiger partial charge in [0.1, 0.15) is 0 Å². The molecule has 0 radical (unpaired) electrons. The lowest BCUT2D eigenvalue weighted by molar-refractivity contribution is 0.226. The third-order valence-corrected chi connectivity index (χ3v) is 4.79. The third kappa shape index (κ3) is 5.91. The van der Waals surface area contributed by atoms with Crippen LogP contribution in [0.3, 0.4) is 0 Å². The lowest BCUT2D eigenvalue weighted by atomic mass is 10.1. The van der Waals surface area contributed by atoms with Crippen molar-refractivity contribution in [2.75, 3.05) is 19.8 Å². The summed E-state index contributed by atoms with van der Waals surface area (Å²) < 4.78 is 23.9. The van der Waals surface area contributed by atoms with Crippen molar-refractivity contribution in [1.82, 2.24) is 9.55 Å². The van der Waals surface area contributed by atoms with Crippen molar-refractivity contribution in [2.45, 2.75) is 27.3 Å². The second kappa shape index (κ2) is 8.98. The number of aliphatic hydroxyl groups is 1. The maximum Gasteiger partial charge on any atom is 0.353 e. The van der Waals surface area contributed by atoms with Gasteiger partial charge in [0.25, 0.3) is 5.56 Å². The first kappa shape index (κ1) is 19.6. The molecule has 9 heteroatoms. The van der Waals surface area contributed by atoms with E-state index in [1.165, 1.54) is 22.7 Å². The molecule has 0 spiro atoms. The fourth-order valence-electron chi connectivity index (χ4n) is 1.90. The molecule has 130 valence electrons. The molecule has 1 aromatic heterocycles. The molecular weight excluding hydrogens is 323 g/mol. The minimum absolute atomic E-state index is 0.127. The predicted octanol–water partition coefficient (Wildman–Crippen LogP) is 1.23. The first-order valence-electron chi connectivity index (χ1n) is 7.34. The van der Waals surface area contributed by atoms with E-state index in [2.05, 4.69) is 4.98 Å². The van der Waals surface area contributed by atoms with Crippen LogP contribution in [0.25, 0.3) is 0 Å². The minimum Gasteiger partial charge on any atom is -0.396 e. The van der Waals surface area contributed by atoms with Gasteiger partial charge in [-0.1, -0.05) is 6.08 Å². The SMILES string of the molecule is CCOP(=O)(/C=C/[C@@H](CO)Cn1cc(C)c(=O)[nH]c1=O)OCC. The second-order valence-electron chi connectivity index (χ2n) is 4.88. The Labute approximate surface area is 134 Å². The zero-order valence-corrected chi connectivity index (χ0v) is 14.4. The molecule has 0 aliphatic heterocycles. The highest BCUT2D eigenvalue weighted by Crippen LogP contribution is 2.49. The summed E-state index contributed by atoms with van der Waals surface area (Å²) in [6.07, 6.45) is 2.92. The average Bonchev–Trinajstić information content (AvgIpc) is 2.49. The number of aliphatic hydroxyl groups excluding tert-OH is 1. The summed E-state index contributed by atoms with van der Waals surface area (Å²) >= 11 is 0. The van der Waals surface area contributed by atoms with Gasteiger partial charge in [-0.05, 0) is 20.8 Å². The first-order valence-corrected chi connectivity index (χ1v) is 8.95. The molecule has 0 aliphatic rings. The van der Waals surface area contributed by atoms with Crippen LogP contribution in [0.2, 0.25) is 0 Å². The smallest absolute Gasteiger partial charge is 0.353 e. The van der Waals surface area contributed by atoms with Crippen molar-refractivity contribution >= 4 is 7.60 Å². The Morgan fingerprint density at radius 3 is 2.48 bits per heavy atom. The fourth-order valence-corrected chi connectivity index (χ4v) is 3.32. The van der Waals surface area contributed by atoms with Crippen molar-refractivity contribution in [3.63, 3.8) is 0 Å². The number of aryl methyl sites for hydroxylation is 1. The van der Waals surface area contributed by atoms with Gasteiger partial charge in [-0.15, -0.1) is 0 Å². The van der Waals surface area contributed by atoms with E-state index in [4.69, 9.17) is 9.05 Å². The highest BCUT2D eigenvalue weighted by Gasteiger charge is 2.20. The molecular formula is C14H23N2O6P. The Bertz CT molecular complexity index is 683. The van der Waals surface area contributed by atoms with Crippen molar-refractivity contribution in [3.8, 4) is 0 Å². The fraction of sp³-hybridized carbons (Fsp3) is 0.571. The summed E-state index contributed by atoms with van der Waals surface area (Å²) in [7, 11) is -3.36. The number of hydrogen-bond donors (Lipinski definition) is 2. The number of aromatic nitrogens is 2. The van der Waals surface area contributed by atoms with Crippen LogP contribution < -0.4 is 11.2 Å². The quantitative estimate of drug-likeness (QED) is 0.651. The third-order valence-electron chi connectivity index (χ3n) is 3.01. The summed E-state index contributed by atoms with van der Waals surface area (Å²) in [5.74, 6) is 0.817. The number of H-pyrrole nitrogens is 1. The number of aromatic amines is 1. The Balaban J connectivity index is 2.95. The Morgan fingerprint density at radius 1 is 1.35 bits per heavy atom. The largest absolute Gasteiger partial charge is 0.396 e. The summed E-state index contributed by atoms with van der Waals surface area (Å²) in [6.45, 7) is 5.29. The molecule has 23 heavy (non-hydrogen) atoms. The Kier molecular flexibility index (Phi) is 7.64. The molecule has 0 bridgehead atoms. The van der Waals surface area contributed by atoms with Crippen LogP contribution in [-0.2, 0) is 20.2 Å². The van der Waals surface area contributed by atoms with Crippen molar-refractivity contribution in [2.24, 2.45) is 5.92 Å². The topological polar surface area (TPSA) is 111 Å². The van der Waals surface area contributed by atoms with E-state index in [1.54, 1.807) is 20.8 Å². The van der Waals surface area contributed by atoms with Gasteiger partial charge in [0, 0.05) is 30.0 Å². The number of nitrogens with one attached hydrogen (secondary N) is 1. The number of hydrogen-bond acceptors (Lipinski definition) is 6. The highest BCUT2D eigenvalue weighted by molar-refractivity contribution is 7.57. The van der Waals surface area contributed by atoms with E-state index in [1.807, 2.05) is 0 Å². The van der Waals surface area contributed by atoms with Crippen LogP contribution in [-0.4, -0.2) is 34.5 Å². The molecule has 0 unspecified atom stereocenters. The van der Waals surface area contributed by atoms with E-state index in [0.29, 0.717) is 5.56 Å². The monoisotopic (exact) mass is 346 g/mol. The zero-order valence-electron chi connectivity index (χ0n) is 13.5. The molecule has 0 saturated heterocycles. The summed E-state index contributed by atoms with van der Waals surface area (Å²) in [4.78, 5) is 25.3. The van der Waals surface area contributed by atoms with E-state index < -0.39 is 24.8 Å². The maximum absolute atomic E-state index is 12.3.